The first-order chi connectivity index (χ1) is 18.4. The van der Waals surface area contributed by atoms with Gasteiger partial charge in [0.25, 0.3) is 5.91 Å². The van der Waals surface area contributed by atoms with Gasteiger partial charge in [0.05, 0.1) is 22.7 Å². The van der Waals surface area contributed by atoms with E-state index < -0.39 is 0 Å². The Bertz CT molecular complexity index is 1340. The summed E-state index contributed by atoms with van der Waals surface area (Å²) in [5.41, 5.74) is 1.11. The molecule has 1 aromatic carbocycles. The van der Waals surface area contributed by atoms with E-state index in [1.165, 1.54) is 23.1 Å². The van der Waals surface area contributed by atoms with Crippen molar-refractivity contribution in [2.75, 3.05) is 19.6 Å². The van der Waals surface area contributed by atoms with Crippen LogP contribution in [0.3, 0.4) is 0 Å². The summed E-state index contributed by atoms with van der Waals surface area (Å²) in [5, 5.41) is 16.0. The fraction of sp³-hybridized carbons (Fsp3) is 0.385. The molecule has 1 unspecified atom stereocenters. The van der Waals surface area contributed by atoms with E-state index in [0.717, 1.165) is 37.5 Å². The summed E-state index contributed by atoms with van der Waals surface area (Å²) < 4.78 is 7.41. The monoisotopic (exact) mass is 592 g/mol. The average molecular weight is 594 g/mol. The van der Waals surface area contributed by atoms with E-state index >= 15 is 0 Å². The number of halogens is 2. The average Bonchev–Trinajstić information content (AvgIpc) is 3.66. The zero-order chi connectivity index (χ0) is 27.1. The summed E-state index contributed by atoms with van der Waals surface area (Å²) in [6.45, 7) is 9.50. The van der Waals surface area contributed by atoms with Crippen LogP contribution in [0, 0.1) is 0 Å². The number of amides is 1. The Labute approximate surface area is 240 Å². The Balaban J connectivity index is 1.41. The normalized spacial score (nSPS) is 12.3. The smallest absolute Gasteiger partial charge is 0.270 e. The molecule has 202 valence electrons. The molecule has 0 fully saturated rings. The standard InChI is InChI=1S/C26H30Cl2N6O2S2/c1-4-33(5-2)12-6-8-17(3)29-25(35)20-15-37-23(30-20)16-38-26-32-31-24(22-9-7-13-36-22)34(26)21-11-10-18(27)14-19(21)28/h7,9-11,13-15,17H,4-6,8,12,16H2,1-3H3,(H,29,35). The van der Waals surface area contributed by atoms with Crippen molar-refractivity contribution in [2.24, 2.45) is 0 Å². The van der Waals surface area contributed by atoms with Crippen LogP contribution >= 0.6 is 46.3 Å². The topological polar surface area (TPSA) is 89.1 Å². The van der Waals surface area contributed by atoms with E-state index in [2.05, 4.69) is 39.2 Å². The van der Waals surface area contributed by atoms with Crippen LogP contribution in [0.5, 0.6) is 0 Å². The number of rotatable bonds is 13. The van der Waals surface area contributed by atoms with Crippen LogP contribution in [0.15, 0.2) is 51.5 Å². The van der Waals surface area contributed by atoms with E-state index in [1.807, 2.05) is 23.6 Å². The van der Waals surface area contributed by atoms with E-state index in [1.54, 1.807) is 29.8 Å². The van der Waals surface area contributed by atoms with Gasteiger partial charge in [-0.1, -0.05) is 48.8 Å². The number of furan rings is 1. The molecule has 38 heavy (non-hydrogen) atoms. The Hall–Kier alpha value is -2.37. The molecule has 0 aliphatic rings. The molecule has 8 nitrogen and oxygen atoms in total. The summed E-state index contributed by atoms with van der Waals surface area (Å²) in [4.78, 5) is 19.7. The lowest BCUT2D eigenvalue weighted by molar-refractivity contribution is 0.0932. The highest BCUT2D eigenvalue weighted by Gasteiger charge is 2.21. The molecular weight excluding hydrogens is 563 g/mol. The minimum atomic E-state index is -0.149. The molecule has 4 rings (SSSR count). The molecule has 3 aromatic heterocycles. The van der Waals surface area contributed by atoms with Gasteiger partial charge in [-0.2, -0.15) is 0 Å². The summed E-state index contributed by atoms with van der Waals surface area (Å²) in [6, 6.07) is 8.95. The number of carbonyl (C=O) groups is 1. The lowest BCUT2D eigenvalue weighted by Gasteiger charge is -2.19. The van der Waals surface area contributed by atoms with Gasteiger partial charge in [0.15, 0.2) is 10.9 Å². The lowest BCUT2D eigenvalue weighted by atomic mass is 10.1. The number of hydrogen-bond donors (Lipinski definition) is 1. The molecule has 12 heteroatoms. The predicted octanol–water partition coefficient (Wildman–Crippen LogP) is 6.82. The number of benzene rings is 1. The molecule has 1 N–H and O–H groups in total. The lowest BCUT2D eigenvalue weighted by Crippen LogP contribution is -2.33. The van der Waals surface area contributed by atoms with Crippen molar-refractivity contribution in [3.63, 3.8) is 0 Å². The molecule has 0 aliphatic heterocycles. The van der Waals surface area contributed by atoms with Crippen molar-refractivity contribution in [1.29, 1.82) is 0 Å². The third-order valence-electron chi connectivity index (χ3n) is 6.02. The van der Waals surface area contributed by atoms with Gasteiger partial charge in [0.1, 0.15) is 10.7 Å². The Morgan fingerprint density at radius 1 is 1.24 bits per heavy atom. The predicted molar refractivity (Wildman–Crippen MR) is 155 cm³/mol. The Morgan fingerprint density at radius 2 is 2.05 bits per heavy atom. The Morgan fingerprint density at radius 3 is 2.76 bits per heavy atom. The van der Waals surface area contributed by atoms with Crippen LogP contribution in [0.25, 0.3) is 17.3 Å². The van der Waals surface area contributed by atoms with Gasteiger partial charge in [-0.3, -0.25) is 9.36 Å². The highest BCUT2D eigenvalue weighted by molar-refractivity contribution is 7.98. The first kappa shape index (κ1) is 28.6. The molecular formula is C26H30Cl2N6O2S2. The van der Waals surface area contributed by atoms with Crippen molar-refractivity contribution >= 4 is 52.2 Å². The molecule has 4 aromatic rings. The van der Waals surface area contributed by atoms with E-state index in [0.29, 0.717) is 43.9 Å². The van der Waals surface area contributed by atoms with Crippen molar-refractivity contribution in [3.8, 4) is 17.3 Å². The second-order valence-corrected chi connectivity index (χ2v) is 11.4. The zero-order valence-corrected chi connectivity index (χ0v) is 24.6. The highest BCUT2D eigenvalue weighted by Crippen LogP contribution is 2.34. The summed E-state index contributed by atoms with van der Waals surface area (Å²) in [6.07, 6.45) is 3.55. The van der Waals surface area contributed by atoms with Crippen molar-refractivity contribution in [1.82, 2.24) is 30.0 Å². The number of carbonyl (C=O) groups excluding carboxylic acids is 1. The third kappa shape index (κ3) is 7.18. The van der Waals surface area contributed by atoms with Crippen LogP contribution in [0.1, 0.15) is 49.1 Å². The van der Waals surface area contributed by atoms with Crippen LogP contribution in [0.2, 0.25) is 10.0 Å². The molecule has 0 bridgehead atoms. The number of aromatic nitrogens is 4. The second kappa shape index (κ2) is 13.6. The van der Waals surface area contributed by atoms with Gasteiger partial charge < -0.3 is 14.6 Å². The van der Waals surface area contributed by atoms with Crippen LogP contribution in [-0.4, -0.2) is 56.2 Å². The molecule has 0 spiro atoms. The van der Waals surface area contributed by atoms with Crippen LogP contribution in [0.4, 0.5) is 0 Å². The first-order valence-electron chi connectivity index (χ1n) is 12.4. The minimum absolute atomic E-state index is 0.0836. The highest BCUT2D eigenvalue weighted by atomic mass is 35.5. The van der Waals surface area contributed by atoms with E-state index in [-0.39, 0.29) is 11.9 Å². The summed E-state index contributed by atoms with van der Waals surface area (Å²) in [7, 11) is 0. The maximum Gasteiger partial charge on any atom is 0.270 e. The molecule has 0 saturated carbocycles. The number of thioether (sulfide) groups is 1. The van der Waals surface area contributed by atoms with Crippen molar-refractivity contribution in [2.45, 2.75) is 50.6 Å². The van der Waals surface area contributed by atoms with Crippen LogP contribution in [-0.2, 0) is 5.75 Å². The van der Waals surface area contributed by atoms with Gasteiger partial charge in [-0.15, -0.1) is 21.5 Å². The number of thiazole rings is 1. The third-order valence-corrected chi connectivity index (χ3v) is 8.53. The maximum atomic E-state index is 12.7. The van der Waals surface area contributed by atoms with Gasteiger partial charge in [-0.05, 0) is 69.7 Å². The zero-order valence-electron chi connectivity index (χ0n) is 21.5. The summed E-state index contributed by atoms with van der Waals surface area (Å²) in [5.74, 6) is 1.45. The van der Waals surface area contributed by atoms with Crippen molar-refractivity contribution < 1.29 is 9.21 Å². The van der Waals surface area contributed by atoms with Gasteiger partial charge in [0, 0.05) is 16.4 Å². The first-order valence-corrected chi connectivity index (χ1v) is 15.1. The molecule has 3 heterocycles. The largest absolute Gasteiger partial charge is 0.461 e. The SMILES string of the molecule is CCN(CC)CCCC(C)NC(=O)c1csc(CSc2nnc(-c3ccco3)n2-c2ccc(Cl)cc2Cl)n1. The molecule has 1 atom stereocenters. The molecule has 0 saturated heterocycles. The van der Waals surface area contributed by atoms with Gasteiger partial charge in [-0.25, -0.2) is 4.98 Å². The van der Waals surface area contributed by atoms with E-state index in [4.69, 9.17) is 27.6 Å². The van der Waals surface area contributed by atoms with E-state index in [9.17, 15) is 4.79 Å². The van der Waals surface area contributed by atoms with Gasteiger partial charge >= 0.3 is 0 Å². The minimum Gasteiger partial charge on any atom is -0.461 e. The number of nitrogens with zero attached hydrogens (tertiary/aromatic N) is 5. The number of hydrogen-bond acceptors (Lipinski definition) is 8. The fourth-order valence-corrected chi connectivity index (χ4v) is 6.18. The van der Waals surface area contributed by atoms with Crippen LogP contribution < -0.4 is 5.32 Å². The summed E-state index contributed by atoms with van der Waals surface area (Å²) >= 11 is 15.5. The molecule has 1 amide bonds. The molecule has 0 aliphatic carbocycles. The van der Waals surface area contributed by atoms with Crippen molar-refractivity contribution in [3.05, 3.63) is 62.7 Å². The van der Waals surface area contributed by atoms with Gasteiger partial charge in [0.2, 0.25) is 5.82 Å². The fourth-order valence-electron chi connectivity index (χ4n) is 3.95. The number of nitrogens with one attached hydrogen (secondary N) is 1. The Kier molecular flexibility index (Phi) is 10.3. The maximum absolute atomic E-state index is 12.7. The second-order valence-electron chi connectivity index (χ2n) is 8.67. The molecule has 0 radical (unpaired) electrons. The quantitative estimate of drug-likeness (QED) is 0.170.